The molecule has 0 N–H and O–H groups in total. The molecule has 18 heavy (non-hydrogen) atoms. The molecule has 0 bridgehead atoms. The fraction of sp³-hybridized carbons (Fsp3) is 0.429. The van der Waals surface area contributed by atoms with Crippen molar-refractivity contribution < 1.29 is 0 Å². The zero-order valence-electron chi connectivity index (χ0n) is 11.0. The van der Waals surface area contributed by atoms with Crippen LogP contribution in [0, 0.1) is 0 Å². The average molecular weight is 308 g/mol. The Hall–Kier alpha value is -1.16. The van der Waals surface area contributed by atoms with Gasteiger partial charge in [0.05, 0.1) is 11.2 Å². The smallest absolute Gasteiger partial charge is 0.112 e. The van der Waals surface area contributed by atoms with Gasteiger partial charge in [0.2, 0.25) is 0 Å². The molecule has 0 fully saturated rings. The fourth-order valence-electron chi connectivity index (χ4n) is 2.31. The van der Waals surface area contributed by atoms with E-state index in [2.05, 4.69) is 51.7 Å². The van der Waals surface area contributed by atoms with E-state index >= 15 is 0 Å². The molecule has 96 valence electrons. The average Bonchev–Trinajstić information content (AvgIpc) is 2.39. The molecular formula is C14H18BrN3. The minimum atomic E-state index is 0.543. The van der Waals surface area contributed by atoms with Gasteiger partial charge in [-0.05, 0) is 40.9 Å². The van der Waals surface area contributed by atoms with E-state index in [4.69, 9.17) is 0 Å². The van der Waals surface area contributed by atoms with Crippen LogP contribution in [-0.4, -0.2) is 23.1 Å². The van der Waals surface area contributed by atoms with Gasteiger partial charge in [-0.3, -0.25) is 9.97 Å². The van der Waals surface area contributed by atoms with Gasteiger partial charge in [0, 0.05) is 30.0 Å². The van der Waals surface area contributed by atoms with E-state index < -0.39 is 0 Å². The molecule has 0 spiro atoms. The summed E-state index contributed by atoms with van der Waals surface area (Å²) >= 11 is 3.43. The lowest BCUT2D eigenvalue weighted by Crippen LogP contribution is -2.30. The molecule has 2 aromatic heterocycles. The van der Waals surface area contributed by atoms with Gasteiger partial charge in [0.15, 0.2) is 0 Å². The maximum atomic E-state index is 4.50. The van der Waals surface area contributed by atoms with Gasteiger partial charge in [-0.15, -0.1) is 0 Å². The number of hydrogen-bond donors (Lipinski definition) is 0. The van der Waals surface area contributed by atoms with E-state index in [1.807, 2.05) is 24.5 Å². The first kappa shape index (κ1) is 13.3. The highest BCUT2D eigenvalue weighted by Crippen LogP contribution is 2.27. The number of anilines is 1. The van der Waals surface area contributed by atoms with Crippen molar-refractivity contribution in [2.75, 3.05) is 11.9 Å². The molecule has 0 radical (unpaired) electrons. The highest BCUT2D eigenvalue weighted by molar-refractivity contribution is 9.10. The number of pyridine rings is 2. The van der Waals surface area contributed by atoms with E-state index in [0.717, 1.165) is 34.0 Å². The predicted octanol–water partition coefficient (Wildman–Crippen LogP) is 4.02. The quantitative estimate of drug-likeness (QED) is 0.854. The molecule has 2 rings (SSSR count). The first-order valence-electron chi connectivity index (χ1n) is 6.30. The van der Waals surface area contributed by atoms with Crippen LogP contribution in [0.15, 0.2) is 29.0 Å². The molecule has 0 unspecified atom stereocenters. The van der Waals surface area contributed by atoms with Crippen molar-refractivity contribution >= 4 is 32.7 Å². The maximum absolute atomic E-state index is 4.50. The molecule has 0 saturated carbocycles. The van der Waals surface area contributed by atoms with Crippen molar-refractivity contribution in [3.63, 3.8) is 0 Å². The van der Waals surface area contributed by atoms with Crippen LogP contribution in [0.3, 0.4) is 0 Å². The Morgan fingerprint density at radius 2 is 2.00 bits per heavy atom. The van der Waals surface area contributed by atoms with E-state index in [1.54, 1.807) is 0 Å². The zero-order chi connectivity index (χ0) is 13.1. The molecule has 0 atom stereocenters. The van der Waals surface area contributed by atoms with Gasteiger partial charge in [-0.2, -0.15) is 0 Å². The first-order chi connectivity index (χ1) is 8.67. The Morgan fingerprint density at radius 3 is 2.67 bits per heavy atom. The standard InChI is InChI=1S/C14H18BrN3/c1-4-11(5-2)18(3)13-6-7-16-12-8-10(15)9-17-14(12)13/h6-9,11H,4-5H2,1-3H3. The van der Waals surface area contributed by atoms with Gasteiger partial charge in [0.1, 0.15) is 5.52 Å². The summed E-state index contributed by atoms with van der Waals surface area (Å²) in [6.07, 6.45) is 5.94. The minimum Gasteiger partial charge on any atom is -0.370 e. The number of nitrogens with zero attached hydrogens (tertiary/aromatic N) is 3. The Kier molecular flexibility index (Phi) is 4.17. The lowest BCUT2D eigenvalue weighted by molar-refractivity contribution is 0.592. The van der Waals surface area contributed by atoms with E-state index in [9.17, 15) is 0 Å². The summed E-state index contributed by atoms with van der Waals surface area (Å²) in [7, 11) is 2.14. The molecule has 2 aromatic rings. The van der Waals surface area contributed by atoms with Crippen LogP contribution in [0.4, 0.5) is 5.69 Å². The largest absolute Gasteiger partial charge is 0.370 e. The number of hydrogen-bond acceptors (Lipinski definition) is 3. The van der Waals surface area contributed by atoms with Crippen molar-refractivity contribution in [3.05, 3.63) is 29.0 Å². The van der Waals surface area contributed by atoms with Crippen LogP contribution in [-0.2, 0) is 0 Å². The van der Waals surface area contributed by atoms with E-state index in [-0.39, 0.29) is 0 Å². The molecule has 3 nitrogen and oxygen atoms in total. The third kappa shape index (κ3) is 2.48. The number of rotatable bonds is 4. The summed E-state index contributed by atoms with van der Waals surface area (Å²) < 4.78 is 0.963. The van der Waals surface area contributed by atoms with Crippen molar-refractivity contribution in [2.45, 2.75) is 32.7 Å². The predicted molar refractivity (Wildman–Crippen MR) is 80.0 cm³/mol. The van der Waals surface area contributed by atoms with Crippen LogP contribution >= 0.6 is 15.9 Å². The molecule has 0 amide bonds. The van der Waals surface area contributed by atoms with Crippen LogP contribution in [0.5, 0.6) is 0 Å². The Balaban J connectivity index is 2.50. The maximum Gasteiger partial charge on any atom is 0.112 e. The minimum absolute atomic E-state index is 0.543. The van der Waals surface area contributed by atoms with Crippen LogP contribution in [0.25, 0.3) is 11.0 Å². The van der Waals surface area contributed by atoms with Crippen molar-refractivity contribution in [1.29, 1.82) is 0 Å². The van der Waals surface area contributed by atoms with Gasteiger partial charge >= 0.3 is 0 Å². The molecular weight excluding hydrogens is 290 g/mol. The third-order valence-electron chi connectivity index (χ3n) is 3.39. The number of fused-ring (bicyclic) bond motifs is 1. The lowest BCUT2D eigenvalue weighted by Gasteiger charge is -2.28. The molecule has 4 heteroatoms. The lowest BCUT2D eigenvalue weighted by atomic mass is 10.1. The summed E-state index contributed by atoms with van der Waals surface area (Å²) in [6.45, 7) is 4.44. The Bertz CT molecular complexity index is 538. The monoisotopic (exact) mass is 307 g/mol. The van der Waals surface area contributed by atoms with E-state index in [1.165, 1.54) is 0 Å². The van der Waals surface area contributed by atoms with Gasteiger partial charge in [-0.1, -0.05) is 13.8 Å². The van der Waals surface area contributed by atoms with Crippen molar-refractivity contribution in [3.8, 4) is 0 Å². The van der Waals surface area contributed by atoms with Crippen LogP contribution in [0.2, 0.25) is 0 Å². The first-order valence-corrected chi connectivity index (χ1v) is 7.09. The zero-order valence-corrected chi connectivity index (χ0v) is 12.6. The molecule has 0 aliphatic heterocycles. The number of aromatic nitrogens is 2. The van der Waals surface area contributed by atoms with Crippen LogP contribution < -0.4 is 4.90 Å². The molecule has 0 aliphatic carbocycles. The van der Waals surface area contributed by atoms with Crippen molar-refractivity contribution in [1.82, 2.24) is 9.97 Å². The summed E-state index contributed by atoms with van der Waals surface area (Å²) in [5, 5.41) is 0. The van der Waals surface area contributed by atoms with Gasteiger partial charge < -0.3 is 4.90 Å². The fourth-order valence-corrected chi connectivity index (χ4v) is 2.63. The molecule has 0 saturated heterocycles. The van der Waals surface area contributed by atoms with Crippen LogP contribution in [0.1, 0.15) is 26.7 Å². The van der Waals surface area contributed by atoms with Crippen molar-refractivity contribution in [2.24, 2.45) is 0 Å². The second-order valence-corrected chi connectivity index (χ2v) is 5.35. The van der Waals surface area contributed by atoms with Gasteiger partial charge in [-0.25, -0.2) is 0 Å². The molecule has 0 aromatic carbocycles. The summed E-state index contributed by atoms with van der Waals surface area (Å²) in [5.74, 6) is 0. The summed E-state index contributed by atoms with van der Waals surface area (Å²) in [4.78, 5) is 11.2. The highest BCUT2D eigenvalue weighted by atomic mass is 79.9. The summed E-state index contributed by atoms with van der Waals surface area (Å²) in [6, 6.07) is 4.59. The third-order valence-corrected chi connectivity index (χ3v) is 3.83. The Morgan fingerprint density at radius 1 is 1.28 bits per heavy atom. The molecule has 2 heterocycles. The highest BCUT2D eigenvalue weighted by Gasteiger charge is 2.14. The SMILES string of the molecule is CCC(CC)N(C)c1ccnc2cc(Br)cnc12. The topological polar surface area (TPSA) is 29.0 Å². The van der Waals surface area contributed by atoms with Gasteiger partial charge in [0.25, 0.3) is 0 Å². The normalized spacial score (nSPS) is 11.2. The summed E-state index contributed by atoms with van der Waals surface area (Å²) in [5.41, 5.74) is 3.05. The Labute approximate surface area is 116 Å². The van der Waals surface area contributed by atoms with E-state index in [0.29, 0.717) is 6.04 Å². The second-order valence-electron chi connectivity index (χ2n) is 4.43. The second kappa shape index (κ2) is 5.65. The molecule has 0 aliphatic rings. The number of halogens is 1.